The van der Waals surface area contributed by atoms with Gasteiger partial charge in [0.1, 0.15) is 17.1 Å². The van der Waals surface area contributed by atoms with E-state index in [0.717, 1.165) is 17.5 Å². The van der Waals surface area contributed by atoms with Crippen molar-refractivity contribution < 1.29 is 34.0 Å². The van der Waals surface area contributed by atoms with Crippen LogP contribution in [0.2, 0.25) is 0 Å². The molecule has 3 aromatic rings. The minimum atomic E-state index is -0.990. The number of aromatic hydroxyl groups is 2. The average Bonchev–Trinajstić information content (AvgIpc) is 2.88. The lowest BCUT2D eigenvalue weighted by Crippen LogP contribution is -2.29. The van der Waals surface area contributed by atoms with Crippen LogP contribution in [0.15, 0.2) is 53.5 Å². The van der Waals surface area contributed by atoms with Crippen molar-refractivity contribution in [2.45, 2.75) is 25.7 Å². The summed E-state index contributed by atoms with van der Waals surface area (Å²) >= 11 is 0. The number of ether oxygens (including phenoxy) is 3. The summed E-state index contributed by atoms with van der Waals surface area (Å²) in [6, 6.07) is 11.9. The summed E-state index contributed by atoms with van der Waals surface area (Å²) in [6.45, 7) is 2.01. The minimum Gasteiger partial charge on any atom is -0.506 e. The second-order valence-corrected chi connectivity index (χ2v) is 8.15. The fourth-order valence-corrected chi connectivity index (χ4v) is 3.93. The molecular formula is C27H30N2O8. The first-order chi connectivity index (χ1) is 17.8. The molecule has 0 fully saturated rings. The minimum absolute atomic E-state index is 0.0686. The number of carbonyl (C=O) groups excluding carboxylic acids is 2. The molecule has 1 aromatic heterocycles. The van der Waals surface area contributed by atoms with Gasteiger partial charge in [0.05, 0.1) is 26.4 Å². The first kappa shape index (κ1) is 27.1. The van der Waals surface area contributed by atoms with Crippen molar-refractivity contribution >= 4 is 11.9 Å². The van der Waals surface area contributed by atoms with Gasteiger partial charge in [-0.15, -0.1) is 0 Å². The maximum Gasteiger partial charge on any atom is 0.343 e. The third kappa shape index (κ3) is 6.60. The van der Waals surface area contributed by atoms with E-state index >= 15 is 0 Å². The van der Waals surface area contributed by atoms with Crippen LogP contribution in [-0.4, -0.2) is 54.4 Å². The summed E-state index contributed by atoms with van der Waals surface area (Å²) in [5, 5.41) is 24.0. The summed E-state index contributed by atoms with van der Waals surface area (Å²) < 4.78 is 15.2. The first-order valence-electron chi connectivity index (χ1n) is 11.7. The number of hydrogen-bond acceptors (Lipinski definition) is 8. The van der Waals surface area contributed by atoms with Gasteiger partial charge in [0, 0.05) is 25.1 Å². The number of amides is 1. The highest BCUT2D eigenvalue weighted by Crippen LogP contribution is 2.37. The lowest BCUT2D eigenvalue weighted by Gasteiger charge is -2.20. The lowest BCUT2D eigenvalue weighted by atomic mass is 9.87. The van der Waals surface area contributed by atoms with Crippen LogP contribution in [0.3, 0.4) is 0 Å². The van der Waals surface area contributed by atoms with Gasteiger partial charge in [-0.1, -0.05) is 18.2 Å². The molecule has 37 heavy (non-hydrogen) atoms. The van der Waals surface area contributed by atoms with E-state index in [-0.39, 0.29) is 35.7 Å². The van der Waals surface area contributed by atoms with Gasteiger partial charge in [0.2, 0.25) is 5.91 Å². The van der Waals surface area contributed by atoms with Gasteiger partial charge >= 0.3 is 5.97 Å². The van der Waals surface area contributed by atoms with E-state index in [1.165, 1.54) is 19.2 Å². The van der Waals surface area contributed by atoms with Crippen LogP contribution >= 0.6 is 0 Å². The topological polar surface area (TPSA) is 147 Å². The summed E-state index contributed by atoms with van der Waals surface area (Å²) in [4.78, 5) is 40.5. The summed E-state index contributed by atoms with van der Waals surface area (Å²) in [6.07, 6.45) is 1.39. The Labute approximate surface area is 213 Å². The van der Waals surface area contributed by atoms with Crippen LogP contribution in [-0.2, 0) is 16.0 Å². The highest BCUT2D eigenvalue weighted by atomic mass is 16.5. The van der Waals surface area contributed by atoms with Gasteiger partial charge in [0.15, 0.2) is 11.5 Å². The van der Waals surface area contributed by atoms with Crippen molar-refractivity contribution in [2.75, 3.05) is 27.4 Å². The molecular weight excluding hydrogens is 480 g/mol. The second kappa shape index (κ2) is 12.5. The molecule has 10 nitrogen and oxygen atoms in total. The molecule has 0 radical (unpaired) electrons. The van der Waals surface area contributed by atoms with Crippen LogP contribution in [0.25, 0.3) is 0 Å². The molecule has 1 heterocycles. The van der Waals surface area contributed by atoms with Crippen molar-refractivity contribution in [1.29, 1.82) is 0 Å². The van der Waals surface area contributed by atoms with E-state index in [2.05, 4.69) is 10.3 Å². The third-order valence-corrected chi connectivity index (χ3v) is 5.84. The summed E-state index contributed by atoms with van der Waals surface area (Å²) in [7, 11) is 2.97. The number of nitrogens with one attached hydrogen (secondary N) is 2. The molecule has 1 atom stereocenters. The first-order valence-corrected chi connectivity index (χ1v) is 11.7. The van der Waals surface area contributed by atoms with Crippen LogP contribution in [0, 0.1) is 0 Å². The Hall–Kier alpha value is -4.47. The molecule has 0 aliphatic carbocycles. The zero-order valence-corrected chi connectivity index (χ0v) is 20.9. The molecule has 0 bridgehead atoms. The number of methoxy groups -OCH3 is 2. The SMILES string of the molecule is CCOC(=O)c1c[nH]c(=O)c(C(CC(=O)NCCc2ccc(OC)cc2)c2ccc(OC)c(O)c2)c1O. The standard InChI is InChI=1S/C27H30N2O8/c1-4-37-27(34)20-15-29-26(33)24(25(20)32)19(17-7-10-22(36-3)21(30)13-17)14-23(31)28-12-11-16-5-8-18(35-2)9-6-16/h5-10,13,15,19,30H,4,11-12,14H2,1-3H3,(H,28,31)(H2,29,32,33). The van der Waals surface area contributed by atoms with E-state index in [4.69, 9.17) is 14.2 Å². The molecule has 10 heteroatoms. The molecule has 0 spiro atoms. The third-order valence-electron chi connectivity index (χ3n) is 5.84. The highest BCUT2D eigenvalue weighted by molar-refractivity contribution is 5.92. The molecule has 2 aromatic carbocycles. The van der Waals surface area contributed by atoms with Crippen LogP contribution < -0.4 is 20.3 Å². The van der Waals surface area contributed by atoms with Crippen molar-refractivity contribution in [3.05, 3.63) is 81.3 Å². The van der Waals surface area contributed by atoms with Gasteiger partial charge in [-0.2, -0.15) is 0 Å². The quantitative estimate of drug-likeness (QED) is 0.288. The van der Waals surface area contributed by atoms with E-state index in [9.17, 15) is 24.6 Å². The number of phenolic OH excluding ortho intramolecular Hbond substituents is 1. The zero-order valence-electron chi connectivity index (χ0n) is 20.9. The second-order valence-electron chi connectivity index (χ2n) is 8.15. The normalized spacial score (nSPS) is 11.4. The molecule has 0 saturated carbocycles. The van der Waals surface area contributed by atoms with E-state index in [1.54, 1.807) is 20.1 Å². The molecule has 3 rings (SSSR count). The van der Waals surface area contributed by atoms with Crippen molar-refractivity contribution in [3.8, 4) is 23.0 Å². The number of H-pyrrole nitrogens is 1. The van der Waals surface area contributed by atoms with Crippen molar-refractivity contribution in [2.24, 2.45) is 0 Å². The number of aromatic nitrogens is 1. The van der Waals surface area contributed by atoms with Crippen LogP contribution in [0.5, 0.6) is 23.0 Å². The van der Waals surface area contributed by atoms with Gasteiger partial charge in [-0.25, -0.2) is 4.79 Å². The van der Waals surface area contributed by atoms with Gasteiger partial charge in [-0.3, -0.25) is 9.59 Å². The van der Waals surface area contributed by atoms with Gasteiger partial charge < -0.3 is 34.7 Å². The molecule has 0 aliphatic heterocycles. The number of hydrogen-bond donors (Lipinski definition) is 4. The number of aromatic amines is 1. The Morgan fingerprint density at radius 1 is 1.05 bits per heavy atom. The Morgan fingerprint density at radius 2 is 1.78 bits per heavy atom. The number of benzene rings is 2. The number of phenols is 1. The smallest absolute Gasteiger partial charge is 0.343 e. The highest BCUT2D eigenvalue weighted by Gasteiger charge is 2.28. The van der Waals surface area contributed by atoms with E-state index < -0.39 is 29.1 Å². The number of carbonyl (C=O) groups is 2. The molecule has 1 amide bonds. The lowest BCUT2D eigenvalue weighted by molar-refractivity contribution is -0.121. The molecule has 196 valence electrons. The summed E-state index contributed by atoms with van der Waals surface area (Å²) in [5.74, 6) is -2.07. The zero-order chi connectivity index (χ0) is 26.9. The monoisotopic (exact) mass is 510 g/mol. The Kier molecular flexibility index (Phi) is 9.15. The Balaban J connectivity index is 1.89. The molecule has 4 N–H and O–H groups in total. The fraction of sp³-hybridized carbons (Fsp3) is 0.296. The number of pyridine rings is 1. The van der Waals surface area contributed by atoms with E-state index in [0.29, 0.717) is 18.5 Å². The van der Waals surface area contributed by atoms with E-state index in [1.807, 2.05) is 24.3 Å². The Morgan fingerprint density at radius 3 is 2.41 bits per heavy atom. The molecule has 1 unspecified atom stereocenters. The number of esters is 1. The maximum absolute atomic E-state index is 12.9. The predicted molar refractivity (Wildman–Crippen MR) is 136 cm³/mol. The maximum atomic E-state index is 12.9. The van der Waals surface area contributed by atoms with Crippen LogP contribution in [0.4, 0.5) is 0 Å². The summed E-state index contributed by atoms with van der Waals surface area (Å²) in [5.41, 5.74) is 0.246. The Bertz CT molecular complexity index is 1300. The van der Waals surface area contributed by atoms with Crippen LogP contribution in [0.1, 0.15) is 46.3 Å². The molecule has 0 aliphatic rings. The van der Waals surface area contributed by atoms with Crippen molar-refractivity contribution in [1.82, 2.24) is 10.3 Å². The predicted octanol–water partition coefficient (Wildman–Crippen LogP) is 2.86. The largest absolute Gasteiger partial charge is 0.506 e. The fourth-order valence-electron chi connectivity index (χ4n) is 3.93. The van der Waals surface area contributed by atoms with Gasteiger partial charge in [-0.05, 0) is 48.7 Å². The van der Waals surface area contributed by atoms with Gasteiger partial charge in [0.25, 0.3) is 5.56 Å². The average molecular weight is 511 g/mol. The van der Waals surface area contributed by atoms with Crippen molar-refractivity contribution in [3.63, 3.8) is 0 Å². The number of rotatable bonds is 11. The molecule has 0 saturated heterocycles.